The zero-order chi connectivity index (χ0) is 26.1. The maximum absolute atomic E-state index is 12.2. The van der Waals surface area contributed by atoms with Crippen molar-refractivity contribution in [3.8, 4) is 5.69 Å². The minimum Gasteiger partial charge on any atom is -0.351 e. The Morgan fingerprint density at radius 3 is 2.59 bits per heavy atom. The summed E-state index contributed by atoms with van der Waals surface area (Å²) in [6, 6.07) is 19.2. The van der Waals surface area contributed by atoms with Crippen molar-refractivity contribution in [1.29, 1.82) is 0 Å². The van der Waals surface area contributed by atoms with Crippen molar-refractivity contribution < 1.29 is 4.79 Å². The van der Waals surface area contributed by atoms with E-state index in [1.54, 1.807) is 12.4 Å². The van der Waals surface area contributed by atoms with Gasteiger partial charge >= 0.3 is 0 Å². The Kier molecular flexibility index (Phi) is 6.95. The number of hydrogen-bond acceptors (Lipinski definition) is 4. The number of nitrogens with zero attached hydrogens (tertiary/aromatic N) is 4. The molecule has 1 amide bonds. The highest BCUT2D eigenvalue weighted by molar-refractivity contribution is 7.80. The maximum Gasteiger partial charge on any atom is 0.226 e. The van der Waals surface area contributed by atoms with Crippen LogP contribution in [0.3, 0.4) is 0 Å². The van der Waals surface area contributed by atoms with Gasteiger partial charge in [-0.2, -0.15) is 0 Å². The van der Waals surface area contributed by atoms with E-state index in [0.29, 0.717) is 15.8 Å². The third-order valence-electron chi connectivity index (χ3n) is 6.42. The number of pyridine rings is 2. The molecule has 37 heavy (non-hydrogen) atoms. The van der Waals surface area contributed by atoms with E-state index >= 15 is 0 Å². The summed E-state index contributed by atoms with van der Waals surface area (Å²) in [5.41, 5.74) is 5.31. The van der Waals surface area contributed by atoms with Gasteiger partial charge in [0.1, 0.15) is 6.04 Å². The standard InChI is InChI=1S/C28H27ClN6OS/c1-17(2)27(36)32-22-11-10-19(15-21(22)29)35-26(25(33-28(35)37)23-8-4-5-14-31-23)24-12-9-18(3)34(24)20-7-6-13-30-16-20/h4-17,25-26H,1-3H3,(H,32,36)(H,33,37)/t25-,26+/m0/s1. The Hall–Kier alpha value is -3.75. The van der Waals surface area contributed by atoms with E-state index in [2.05, 4.69) is 49.1 Å². The van der Waals surface area contributed by atoms with Crippen molar-refractivity contribution in [3.63, 3.8) is 0 Å². The van der Waals surface area contributed by atoms with Crippen LogP contribution < -0.4 is 15.5 Å². The molecule has 4 aromatic rings. The van der Waals surface area contributed by atoms with Crippen LogP contribution in [-0.4, -0.2) is 25.6 Å². The molecule has 9 heteroatoms. The van der Waals surface area contributed by atoms with Gasteiger partial charge in [-0.15, -0.1) is 0 Å². The Balaban J connectivity index is 1.62. The molecule has 1 fully saturated rings. The van der Waals surface area contributed by atoms with Crippen molar-refractivity contribution in [2.45, 2.75) is 32.9 Å². The molecule has 1 aromatic carbocycles. The number of hydrogen-bond donors (Lipinski definition) is 2. The highest BCUT2D eigenvalue weighted by atomic mass is 35.5. The van der Waals surface area contributed by atoms with Crippen LogP contribution in [0, 0.1) is 12.8 Å². The summed E-state index contributed by atoms with van der Waals surface area (Å²) in [5.74, 6) is -0.246. The maximum atomic E-state index is 12.2. The van der Waals surface area contributed by atoms with E-state index in [9.17, 15) is 4.79 Å². The predicted octanol–water partition coefficient (Wildman–Crippen LogP) is 6.00. The molecular weight excluding hydrogens is 504 g/mol. The van der Waals surface area contributed by atoms with Crippen molar-refractivity contribution in [2.24, 2.45) is 5.92 Å². The molecule has 1 aliphatic heterocycles. The lowest BCUT2D eigenvalue weighted by molar-refractivity contribution is -0.118. The van der Waals surface area contributed by atoms with E-state index in [1.165, 1.54) is 0 Å². The molecule has 5 rings (SSSR count). The number of carbonyl (C=O) groups is 1. The van der Waals surface area contributed by atoms with Gasteiger partial charge < -0.3 is 20.1 Å². The van der Waals surface area contributed by atoms with Crippen molar-refractivity contribution in [3.05, 3.63) is 101 Å². The topological polar surface area (TPSA) is 75.1 Å². The molecule has 7 nitrogen and oxygen atoms in total. The third-order valence-corrected chi connectivity index (χ3v) is 7.05. The average molecular weight is 531 g/mol. The van der Waals surface area contributed by atoms with Crippen molar-refractivity contribution in [2.75, 3.05) is 10.2 Å². The smallest absolute Gasteiger partial charge is 0.226 e. The summed E-state index contributed by atoms with van der Waals surface area (Å²) in [6.45, 7) is 5.75. The molecule has 2 N–H and O–H groups in total. The monoisotopic (exact) mass is 530 g/mol. The molecular formula is C28H27ClN6OS. The minimum absolute atomic E-state index is 0.0918. The first-order valence-electron chi connectivity index (χ1n) is 12.0. The fourth-order valence-electron chi connectivity index (χ4n) is 4.59. The lowest BCUT2D eigenvalue weighted by atomic mass is 10.0. The number of carbonyl (C=O) groups excluding carboxylic acids is 1. The van der Waals surface area contributed by atoms with Gasteiger partial charge in [0.2, 0.25) is 5.91 Å². The van der Waals surface area contributed by atoms with Gasteiger partial charge in [-0.1, -0.05) is 31.5 Å². The molecule has 188 valence electrons. The van der Waals surface area contributed by atoms with Gasteiger partial charge in [0, 0.05) is 35.4 Å². The van der Waals surface area contributed by atoms with E-state index < -0.39 is 0 Å². The van der Waals surface area contributed by atoms with Crippen LogP contribution in [0.15, 0.2) is 79.3 Å². The first-order valence-corrected chi connectivity index (χ1v) is 12.8. The molecule has 1 aliphatic rings. The Morgan fingerprint density at radius 1 is 1.08 bits per heavy atom. The summed E-state index contributed by atoms with van der Waals surface area (Å²) in [4.78, 5) is 23.3. The molecule has 0 bridgehead atoms. The molecule has 3 aromatic heterocycles. The highest BCUT2D eigenvalue weighted by Crippen LogP contribution is 2.43. The van der Waals surface area contributed by atoms with Crippen molar-refractivity contribution >= 4 is 46.2 Å². The van der Waals surface area contributed by atoms with E-state index in [4.69, 9.17) is 23.8 Å². The number of nitrogens with one attached hydrogen (secondary N) is 2. The summed E-state index contributed by atoms with van der Waals surface area (Å²) in [5, 5.41) is 7.38. The zero-order valence-corrected chi connectivity index (χ0v) is 22.3. The SMILES string of the molecule is Cc1ccc([C@@H]2[C@H](c3ccccn3)NC(=S)N2c2ccc(NC(=O)C(C)C)c(Cl)c2)n1-c1cccnc1. The lowest BCUT2D eigenvalue weighted by Gasteiger charge is -2.29. The number of thiocarbonyl (C=S) groups is 1. The number of amides is 1. The number of anilines is 2. The molecule has 1 saturated heterocycles. The number of aryl methyl sites for hydroxylation is 1. The molecule has 0 unspecified atom stereocenters. The van der Waals surface area contributed by atoms with Crippen molar-refractivity contribution in [1.82, 2.24) is 19.9 Å². The van der Waals surface area contributed by atoms with Gasteiger partial charge in [0.25, 0.3) is 0 Å². The fraction of sp³-hybridized carbons (Fsp3) is 0.214. The average Bonchev–Trinajstić information content (AvgIpc) is 3.45. The van der Waals surface area contributed by atoms with Crippen LogP contribution in [0.5, 0.6) is 0 Å². The van der Waals surface area contributed by atoms with E-state index in [0.717, 1.165) is 28.5 Å². The summed E-state index contributed by atoms with van der Waals surface area (Å²) >= 11 is 12.5. The molecule has 4 heterocycles. The van der Waals surface area contributed by atoms with Crippen LogP contribution in [-0.2, 0) is 4.79 Å². The Labute approximate surface area is 226 Å². The molecule has 0 saturated carbocycles. The zero-order valence-electron chi connectivity index (χ0n) is 20.7. The first-order chi connectivity index (χ1) is 17.8. The molecule has 2 atom stereocenters. The van der Waals surface area contributed by atoms with Gasteiger partial charge in [-0.3, -0.25) is 14.8 Å². The van der Waals surface area contributed by atoms with Crippen LogP contribution in [0.2, 0.25) is 5.02 Å². The number of halogens is 1. The summed E-state index contributed by atoms with van der Waals surface area (Å²) in [6.07, 6.45) is 5.40. The number of benzene rings is 1. The minimum atomic E-state index is -0.233. The number of aromatic nitrogens is 3. The third kappa shape index (κ3) is 4.82. The predicted molar refractivity (Wildman–Crippen MR) is 151 cm³/mol. The van der Waals surface area contributed by atoms with E-state index in [-0.39, 0.29) is 23.9 Å². The van der Waals surface area contributed by atoms with Gasteiger partial charge in [-0.25, -0.2) is 0 Å². The van der Waals surface area contributed by atoms with Crippen LogP contribution in [0.25, 0.3) is 5.69 Å². The van der Waals surface area contributed by atoms with E-state index in [1.807, 2.05) is 68.6 Å². The fourth-order valence-corrected chi connectivity index (χ4v) is 5.16. The second-order valence-electron chi connectivity index (χ2n) is 9.25. The van der Waals surface area contributed by atoms with Crippen LogP contribution in [0.4, 0.5) is 11.4 Å². The van der Waals surface area contributed by atoms with Crippen LogP contribution >= 0.6 is 23.8 Å². The largest absolute Gasteiger partial charge is 0.351 e. The second-order valence-corrected chi connectivity index (χ2v) is 10.0. The van der Waals surface area contributed by atoms with Crippen LogP contribution in [0.1, 0.15) is 43.0 Å². The molecule has 0 radical (unpaired) electrons. The Bertz CT molecular complexity index is 1440. The van der Waals surface area contributed by atoms with Gasteiger partial charge in [0.15, 0.2) is 5.11 Å². The normalized spacial score (nSPS) is 17.2. The quantitative estimate of drug-likeness (QED) is 0.298. The molecule has 0 aliphatic carbocycles. The number of rotatable bonds is 6. The van der Waals surface area contributed by atoms with Gasteiger partial charge in [-0.05, 0) is 73.7 Å². The lowest BCUT2D eigenvalue weighted by Crippen LogP contribution is -2.30. The first kappa shape index (κ1) is 24.9. The summed E-state index contributed by atoms with van der Waals surface area (Å²) < 4.78 is 2.19. The highest BCUT2D eigenvalue weighted by Gasteiger charge is 2.42. The summed E-state index contributed by atoms with van der Waals surface area (Å²) in [7, 11) is 0. The Morgan fingerprint density at radius 2 is 1.92 bits per heavy atom. The molecule has 0 spiro atoms. The second kappa shape index (κ2) is 10.3. The van der Waals surface area contributed by atoms with Gasteiger partial charge in [0.05, 0.1) is 34.3 Å².